The fraction of sp³-hybridized carbons (Fsp3) is 0.412. The summed E-state index contributed by atoms with van der Waals surface area (Å²) >= 11 is 0. The van der Waals surface area contributed by atoms with Crippen LogP contribution in [0.1, 0.15) is 38.7 Å². The zero-order valence-electron chi connectivity index (χ0n) is 11.6. The first-order valence-corrected chi connectivity index (χ1v) is 6.93. The average Bonchev–Trinajstić information content (AvgIpc) is 2.38. The van der Waals surface area contributed by atoms with Crippen molar-refractivity contribution in [3.05, 3.63) is 48.0 Å². The van der Waals surface area contributed by atoms with Gasteiger partial charge < -0.3 is 5.32 Å². The van der Waals surface area contributed by atoms with Gasteiger partial charge >= 0.3 is 0 Å². The number of hydrogen-bond acceptors (Lipinski definition) is 1. The molecule has 2 unspecified atom stereocenters. The summed E-state index contributed by atoms with van der Waals surface area (Å²) < 4.78 is 0. The molecular formula is C17H23N. The van der Waals surface area contributed by atoms with E-state index in [-0.39, 0.29) is 0 Å². The molecule has 0 aromatic heterocycles. The lowest BCUT2D eigenvalue weighted by Crippen LogP contribution is -2.26. The van der Waals surface area contributed by atoms with E-state index >= 15 is 0 Å². The van der Waals surface area contributed by atoms with Crippen molar-refractivity contribution in [3.8, 4) is 0 Å². The van der Waals surface area contributed by atoms with E-state index in [0.29, 0.717) is 12.0 Å². The van der Waals surface area contributed by atoms with Gasteiger partial charge in [-0.05, 0) is 42.1 Å². The number of benzene rings is 2. The van der Waals surface area contributed by atoms with Gasteiger partial charge in [0.2, 0.25) is 0 Å². The molecule has 0 fully saturated rings. The van der Waals surface area contributed by atoms with Crippen LogP contribution in [-0.4, -0.2) is 12.6 Å². The molecular weight excluding hydrogens is 218 g/mol. The molecule has 18 heavy (non-hydrogen) atoms. The predicted molar refractivity (Wildman–Crippen MR) is 80.1 cm³/mol. The highest BCUT2D eigenvalue weighted by Gasteiger charge is 2.12. The molecule has 0 radical (unpaired) electrons. The third-order valence-corrected chi connectivity index (χ3v) is 3.61. The van der Waals surface area contributed by atoms with Crippen LogP contribution in [0, 0.1) is 0 Å². The van der Waals surface area contributed by atoms with E-state index in [4.69, 9.17) is 0 Å². The van der Waals surface area contributed by atoms with Gasteiger partial charge in [0.1, 0.15) is 0 Å². The summed E-state index contributed by atoms with van der Waals surface area (Å²) in [5.74, 6) is 0.588. The minimum atomic E-state index is 0.573. The Morgan fingerprint density at radius 3 is 2.50 bits per heavy atom. The minimum absolute atomic E-state index is 0.573. The van der Waals surface area contributed by atoms with Gasteiger partial charge in [-0.15, -0.1) is 0 Å². The molecule has 96 valence electrons. The average molecular weight is 241 g/mol. The van der Waals surface area contributed by atoms with Crippen molar-refractivity contribution in [2.45, 2.75) is 39.2 Å². The molecule has 0 bridgehead atoms. The summed E-state index contributed by atoms with van der Waals surface area (Å²) in [5.41, 5.74) is 1.47. The lowest BCUT2D eigenvalue weighted by Gasteiger charge is -2.19. The van der Waals surface area contributed by atoms with Gasteiger partial charge in [-0.1, -0.05) is 56.3 Å². The van der Waals surface area contributed by atoms with Gasteiger partial charge in [-0.2, -0.15) is 0 Å². The molecule has 2 rings (SSSR count). The van der Waals surface area contributed by atoms with Gasteiger partial charge in [0, 0.05) is 6.04 Å². The van der Waals surface area contributed by atoms with Crippen LogP contribution in [0.2, 0.25) is 0 Å². The summed E-state index contributed by atoms with van der Waals surface area (Å²) in [6.45, 7) is 7.81. The van der Waals surface area contributed by atoms with E-state index in [1.807, 2.05) is 0 Å². The van der Waals surface area contributed by atoms with Gasteiger partial charge in [0.25, 0.3) is 0 Å². The van der Waals surface area contributed by atoms with Crippen molar-refractivity contribution in [2.75, 3.05) is 6.54 Å². The fourth-order valence-electron chi connectivity index (χ4n) is 2.77. The number of nitrogens with one attached hydrogen (secondary N) is 1. The van der Waals surface area contributed by atoms with Gasteiger partial charge in [0.15, 0.2) is 0 Å². The second-order valence-corrected chi connectivity index (χ2v) is 5.16. The van der Waals surface area contributed by atoms with Crippen LogP contribution in [0.15, 0.2) is 42.5 Å². The Hall–Kier alpha value is -1.34. The molecule has 0 heterocycles. The van der Waals surface area contributed by atoms with Crippen molar-refractivity contribution in [3.63, 3.8) is 0 Å². The summed E-state index contributed by atoms with van der Waals surface area (Å²) in [6.07, 6.45) is 1.18. The summed E-state index contributed by atoms with van der Waals surface area (Å²) in [6, 6.07) is 15.9. The smallest absolute Gasteiger partial charge is 0.00443 e. The third-order valence-electron chi connectivity index (χ3n) is 3.61. The van der Waals surface area contributed by atoms with E-state index in [9.17, 15) is 0 Å². The zero-order chi connectivity index (χ0) is 13.0. The third kappa shape index (κ3) is 2.91. The van der Waals surface area contributed by atoms with Gasteiger partial charge in [-0.25, -0.2) is 0 Å². The van der Waals surface area contributed by atoms with E-state index < -0.39 is 0 Å². The maximum Gasteiger partial charge on any atom is 0.00443 e. The van der Waals surface area contributed by atoms with Crippen molar-refractivity contribution < 1.29 is 0 Å². The van der Waals surface area contributed by atoms with Crippen molar-refractivity contribution >= 4 is 10.8 Å². The summed E-state index contributed by atoms with van der Waals surface area (Å²) in [5, 5.41) is 6.24. The quantitative estimate of drug-likeness (QED) is 0.821. The van der Waals surface area contributed by atoms with Crippen LogP contribution in [0.5, 0.6) is 0 Å². The first-order valence-electron chi connectivity index (χ1n) is 6.93. The Morgan fingerprint density at radius 1 is 1.00 bits per heavy atom. The molecule has 1 nitrogen and oxygen atoms in total. The molecule has 0 amide bonds. The lowest BCUT2D eigenvalue weighted by atomic mass is 9.90. The second-order valence-electron chi connectivity index (χ2n) is 5.16. The van der Waals surface area contributed by atoms with Crippen LogP contribution in [0.3, 0.4) is 0 Å². The molecule has 0 aliphatic heterocycles. The minimum Gasteiger partial charge on any atom is -0.315 e. The highest BCUT2D eigenvalue weighted by Crippen LogP contribution is 2.28. The Morgan fingerprint density at radius 2 is 1.72 bits per heavy atom. The molecule has 1 heteroatoms. The number of hydrogen-bond donors (Lipinski definition) is 1. The van der Waals surface area contributed by atoms with E-state index in [2.05, 4.69) is 68.6 Å². The zero-order valence-corrected chi connectivity index (χ0v) is 11.6. The molecule has 2 atom stereocenters. The maximum atomic E-state index is 3.49. The highest BCUT2D eigenvalue weighted by atomic mass is 14.9. The highest BCUT2D eigenvalue weighted by molar-refractivity contribution is 5.86. The monoisotopic (exact) mass is 241 g/mol. The van der Waals surface area contributed by atoms with Crippen molar-refractivity contribution in [1.29, 1.82) is 0 Å². The van der Waals surface area contributed by atoms with Crippen LogP contribution < -0.4 is 5.32 Å². The second kappa shape index (κ2) is 6.01. The van der Waals surface area contributed by atoms with E-state index in [0.717, 1.165) is 6.54 Å². The van der Waals surface area contributed by atoms with Gasteiger partial charge in [0.05, 0.1) is 0 Å². The van der Waals surface area contributed by atoms with E-state index in [1.165, 1.54) is 22.8 Å². The number of rotatable bonds is 5. The fourth-order valence-corrected chi connectivity index (χ4v) is 2.77. The Labute approximate surface area is 110 Å². The van der Waals surface area contributed by atoms with Crippen molar-refractivity contribution in [2.24, 2.45) is 0 Å². The summed E-state index contributed by atoms with van der Waals surface area (Å²) in [7, 11) is 0. The first kappa shape index (κ1) is 13.1. The lowest BCUT2D eigenvalue weighted by molar-refractivity contribution is 0.492. The number of fused-ring (bicyclic) bond motifs is 1. The molecule has 0 saturated heterocycles. The molecule has 1 N–H and O–H groups in total. The Kier molecular flexibility index (Phi) is 4.38. The van der Waals surface area contributed by atoms with Crippen molar-refractivity contribution in [1.82, 2.24) is 5.32 Å². The van der Waals surface area contributed by atoms with Crippen LogP contribution in [-0.2, 0) is 0 Å². The normalized spacial score (nSPS) is 14.6. The Balaban J connectivity index is 2.24. The van der Waals surface area contributed by atoms with Crippen LogP contribution in [0.4, 0.5) is 0 Å². The first-order chi connectivity index (χ1) is 8.72. The molecule has 0 aliphatic carbocycles. The maximum absolute atomic E-state index is 3.49. The standard InChI is InChI=1S/C17H23N/c1-4-18-14(3)12-13(2)16-11-7-9-15-8-5-6-10-17(15)16/h5-11,13-14,18H,4,12H2,1-3H3. The molecule has 0 saturated carbocycles. The van der Waals surface area contributed by atoms with Gasteiger partial charge in [-0.3, -0.25) is 0 Å². The Bertz CT molecular complexity index is 498. The van der Waals surface area contributed by atoms with Crippen LogP contribution in [0.25, 0.3) is 10.8 Å². The molecule has 2 aromatic rings. The molecule has 2 aromatic carbocycles. The van der Waals surface area contributed by atoms with Crippen LogP contribution >= 0.6 is 0 Å². The topological polar surface area (TPSA) is 12.0 Å². The predicted octanol–water partition coefficient (Wildman–Crippen LogP) is 4.33. The molecule has 0 spiro atoms. The largest absolute Gasteiger partial charge is 0.315 e. The summed E-state index contributed by atoms with van der Waals surface area (Å²) in [4.78, 5) is 0. The SMILES string of the molecule is CCNC(C)CC(C)c1cccc2ccccc12. The molecule has 0 aliphatic rings. The van der Waals surface area contributed by atoms with E-state index in [1.54, 1.807) is 0 Å².